The van der Waals surface area contributed by atoms with E-state index in [0.717, 1.165) is 55.2 Å². The number of rotatable bonds is 2. The van der Waals surface area contributed by atoms with Gasteiger partial charge >= 0.3 is 0 Å². The molecule has 2 atom stereocenters. The summed E-state index contributed by atoms with van der Waals surface area (Å²) in [6.45, 7) is 4.40. The van der Waals surface area contributed by atoms with Crippen molar-refractivity contribution < 1.29 is 0 Å². The van der Waals surface area contributed by atoms with Crippen LogP contribution in [0.4, 0.5) is 5.95 Å². The maximum atomic E-state index is 4.85. The van der Waals surface area contributed by atoms with Crippen molar-refractivity contribution in [2.75, 3.05) is 31.1 Å². The molecule has 0 aliphatic carbocycles. The van der Waals surface area contributed by atoms with Crippen LogP contribution in [0.5, 0.6) is 0 Å². The molecular weight excluding hydrogens is 296 g/mol. The van der Waals surface area contributed by atoms with Crippen molar-refractivity contribution in [3.8, 4) is 11.3 Å². The Hall–Kier alpha value is -2.46. The molecule has 2 aliphatic rings. The molecule has 2 aliphatic heterocycles. The molecule has 4 nitrogen and oxygen atoms in total. The fourth-order valence-corrected chi connectivity index (χ4v) is 4.03. The summed E-state index contributed by atoms with van der Waals surface area (Å²) in [6, 6.07) is 17.0. The lowest BCUT2D eigenvalue weighted by molar-refractivity contribution is 0.533. The molecule has 5 rings (SSSR count). The molecule has 4 heteroatoms. The first-order valence-electron chi connectivity index (χ1n) is 8.65. The van der Waals surface area contributed by atoms with Gasteiger partial charge in [0.05, 0.1) is 5.69 Å². The minimum atomic E-state index is 0.748. The zero-order valence-electron chi connectivity index (χ0n) is 13.5. The molecule has 2 aromatic carbocycles. The van der Waals surface area contributed by atoms with Crippen LogP contribution in [0.25, 0.3) is 22.0 Å². The summed E-state index contributed by atoms with van der Waals surface area (Å²) < 4.78 is 0. The molecule has 3 heterocycles. The van der Waals surface area contributed by atoms with Crippen LogP contribution in [0.15, 0.2) is 54.7 Å². The Balaban J connectivity index is 1.48. The summed E-state index contributed by atoms with van der Waals surface area (Å²) in [4.78, 5) is 11.7. The number of nitrogens with one attached hydrogen (secondary N) is 1. The molecule has 2 fully saturated rings. The standard InChI is InChI=1S/C20H20N4/c1-2-4-15-9-16(6-5-14(15)3-1)19-7-8-22-20(23-19)24-12-17-10-21-11-18(17)13-24/h1-9,17-18,21H,10-13H2/t17-,18+. The fourth-order valence-electron chi connectivity index (χ4n) is 4.03. The van der Waals surface area contributed by atoms with Gasteiger partial charge in [-0.05, 0) is 34.7 Å². The zero-order chi connectivity index (χ0) is 15.9. The van der Waals surface area contributed by atoms with Gasteiger partial charge in [0, 0.05) is 37.9 Å². The van der Waals surface area contributed by atoms with Gasteiger partial charge in [-0.1, -0.05) is 36.4 Å². The van der Waals surface area contributed by atoms with Crippen molar-refractivity contribution in [3.63, 3.8) is 0 Å². The predicted octanol–water partition coefficient (Wildman–Crippen LogP) is 2.95. The lowest BCUT2D eigenvalue weighted by atomic mass is 10.0. The summed E-state index contributed by atoms with van der Waals surface area (Å²) in [7, 11) is 0. The van der Waals surface area contributed by atoms with Crippen molar-refractivity contribution in [2.45, 2.75) is 0 Å². The molecule has 0 bridgehead atoms. The monoisotopic (exact) mass is 316 g/mol. The first kappa shape index (κ1) is 13.9. The Morgan fingerprint density at radius 3 is 2.54 bits per heavy atom. The Labute approximate surface area is 141 Å². The SMILES string of the molecule is c1ccc2cc(-c3ccnc(N4C[C@H]5CNC[C@H]5C4)n3)ccc2c1. The van der Waals surface area contributed by atoms with E-state index >= 15 is 0 Å². The molecule has 0 radical (unpaired) electrons. The summed E-state index contributed by atoms with van der Waals surface area (Å²) in [6.07, 6.45) is 1.89. The van der Waals surface area contributed by atoms with Gasteiger partial charge < -0.3 is 10.2 Å². The van der Waals surface area contributed by atoms with E-state index in [9.17, 15) is 0 Å². The Kier molecular flexibility index (Phi) is 3.23. The van der Waals surface area contributed by atoms with E-state index in [1.807, 2.05) is 12.3 Å². The maximum absolute atomic E-state index is 4.85. The number of nitrogens with zero attached hydrogens (tertiary/aromatic N) is 3. The highest BCUT2D eigenvalue weighted by Crippen LogP contribution is 2.30. The second kappa shape index (κ2) is 5.56. The van der Waals surface area contributed by atoms with Crippen molar-refractivity contribution in [3.05, 3.63) is 54.7 Å². The van der Waals surface area contributed by atoms with Gasteiger partial charge in [-0.15, -0.1) is 0 Å². The second-order valence-corrected chi connectivity index (χ2v) is 6.89. The maximum Gasteiger partial charge on any atom is 0.225 e. The van der Waals surface area contributed by atoms with Crippen LogP contribution in [-0.4, -0.2) is 36.1 Å². The van der Waals surface area contributed by atoms with Crippen LogP contribution in [0, 0.1) is 11.8 Å². The van der Waals surface area contributed by atoms with Gasteiger partial charge in [0.1, 0.15) is 0 Å². The molecular formula is C20H20N4. The van der Waals surface area contributed by atoms with Crippen LogP contribution in [0.3, 0.4) is 0 Å². The second-order valence-electron chi connectivity index (χ2n) is 6.89. The molecule has 1 aromatic heterocycles. The average molecular weight is 316 g/mol. The van der Waals surface area contributed by atoms with E-state index in [-0.39, 0.29) is 0 Å². The molecule has 0 saturated carbocycles. The van der Waals surface area contributed by atoms with Crippen LogP contribution < -0.4 is 10.2 Å². The van der Waals surface area contributed by atoms with Crippen LogP contribution in [0.2, 0.25) is 0 Å². The third kappa shape index (κ3) is 2.34. The summed E-state index contributed by atoms with van der Waals surface area (Å²) in [5.41, 5.74) is 2.15. The normalized spacial score (nSPS) is 22.9. The first-order valence-corrected chi connectivity index (χ1v) is 8.65. The minimum absolute atomic E-state index is 0.748. The summed E-state index contributed by atoms with van der Waals surface area (Å²) >= 11 is 0. The average Bonchev–Trinajstić information content (AvgIpc) is 3.23. The molecule has 1 N–H and O–H groups in total. The highest BCUT2D eigenvalue weighted by atomic mass is 15.3. The lowest BCUT2D eigenvalue weighted by Gasteiger charge is -2.17. The van der Waals surface area contributed by atoms with Gasteiger partial charge in [0.15, 0.2) is 0 Å². The Morgan fingerprint density at radius 1 is 0.917 bits per heavy atom. The van der Waals surface area contributed by atoms with E-state index < -0.39 is 0 Å². The van der Waals surface area contributed by atoms with Crippen LogP contribution in [0.1, 0.15) is 0 Å². The third-order valence-electron chi connectivity index (χ3n) is 5.36. The number of benzene rings is 2. The van der Waals surface area contributed by atoms with Gasteiger partial charge in [0.2, 0.25) is 5.95 Å². The smallest absolute Gasteiger partial charge is 0.225 e. The number of aromatic nitrogens is 2. The van der Waals surface area contributed by atoms with Gasteiger partial charge in [0.25, 0.3) is 0 Å². The van der Waals surface area contributed by atoms with Gasteiger partial charge in [-0.25, -0.2) is 9.97 Å². The van der Waals surface area contributed by atoms with E-state index in [1.165, 1.54) is 10.8 Å². The first-order chi connectivity index (χ1) is 11.9. The van der Waals surface area contributed by atoms with E-state index in [2.05, 4.69) is 57.7 Å². The highest BCUT2D eigenvalue weighted by Gasteiger charge is 2.37. The highest BCUT2D eigenvalue weighted by molar-refractivity contribution is 5.86. The Bertz CT molecular complexity index is 879. The Morgan fingerprint density at radius 2 is 1.71 bits per heavy atom. The molecule has 0 amide bonds. The van der Waals surface area contributed by atoms with Crippen molar-refractivity contribution in [1.82, 2.24) is 15.3 Å². The van der Waals surface area contributed by atoms with Crippen molar-refractivity contribution >= 4 is 16.7 Å². The van der Waals surface area contributed by atoms with Crippen molar-refractivity contribution in [1.29, 1.82) is 0 Å². The number of hydrogen-bond donors (Lipinski definition) is 1. The molecule has 0 spiro atoms. The molecule has 3 aromatic rings. The van der Waals surface area contributed by atoms with Crippen LogP contribution in [-0.2, 0) is 0 Å². The van der Waals surface area contributed by atoms with E-state index in [0.29, 0.717) is 0 Å². The largest absolute Gasteiger partial charge is 0.340 e. The lowest BCUT2D eigenvalue weighted by Crippen LogP contribution is -2.27. The zero-order valence-corrected chi connectivity index (χ0v) is 13.5. The minimum Gasteiger partial charge on any atom is -0.340 e. The van der Waals surface area contributed by atoms with E-state index in [1.54, 1.807) is 0 Å². The molecule has 24 heavy (non-hydrogen) atoms. The van der Waals surface area contributed by atoms with Gasteiger partial charge in [-0.3, -0.25) is 0 Å². The summed E-state index contributed by atoms with van der Waals surface area (Å²) in [5, 5.41) is 5.99. The van der Waals surface area contributed by atoms with Crippen LogP contribution >= 0.6 is 0 Å². The number of hydrogen-bond acceptors (Lipinski definition) is 4. The molecule has 0 unspecified atom stereocenters. The molecule has 120 valence electrons. The topological polar surface area (TPSA) is 41.1 Å². The quantitative estimate of drug-likeness (QED) is 0.789. The fraction of sp³-hybridized carbons (Fsp3) is 0.300. The van der Waals surface area contributed by atoms with Crippen molar-refractivity contribution in [2.24, 2.45) is 11.8 Å². The number of fused-ring (bicyclic) bond motifs is 2. The third-order valence-corrected chi connectivity index (χ3v) is 5.36. The predicted molar refractivity (Wildman–Crippen MR) is 97.0 cm³/mol. The summed E-state index contributed by atoms with van der Waals surface area (Å²) in [5.74, 6) is 2.37. The van der Waals surface area contributed by atoms with E-state index in [4.69, 9.17) is 4.98 Å². The number of anilines is 1. The van der Waals surface area contributed by atoms with Gasteiger partial charge in [-0.2, -0.15) is 0 Å². The molecule has 2 saturated heterocycles.